The number of nitrogens with one attached hydrogen (secondary N) is 1. The molecule has 0 aliphatic carbocycles. The predicted molar refractivity (Wildman–Crippen MR) is 120 cm³/mol. The highest BCUT2D eigenvalue weighted by Crippen LogP contribution is 2.34. The van der Waals surface area contributed by atoms with Crippen molar-refractivity contribution >= 4 is 52.4 Å². The van der Waals surface area contributed by atoms with E-state index in [1.807, 2.05) is 13.8 Å². The number of anilines is 2. The van der Waals surface area contributed by atoms with Gasteiger partial charge >= 0.3 is 5.69 Å². The number of nitrogens with two attached hydrogens (primary N) is 1. The number of unbranched alkanes of at least 4 members (excludes halogenated alkanes) is 1. The first-order valence-corrected chi connectivity index (χ1v) is 11.1. The third-order valence-corrected chi connectivity index (χ3v) is 6.20. The zero-order valence-corrected chi connectivity index (χ0v) is 18.7. The Balaban J connectivity index is 2.39. The molecule has 7 nitrogen and oxygen atoms in total. The molecule has 0 atom stereocenters. The van der Waals surface area contributed by atoms with Crippen LogP contribution in [0.1, 0.15) is 33.1 Å². The van der Waals surface area contributed by atoms with Gasteiger partial charge in [-0.05, 0) is 25.0 Å². The van der Waals surface area contributed by atoms with Gasteiger partial charge in [-0.25, -0.2) is 4.79 Å². The fraction of sp³-hybridized carbons (Fsp3) is 0.421. The second-order valence-electron chi connectivity index (χ2n) is 6.38. The number of aromatic amines is 1. The molecule has 29 heavy (non-hydrogen) atoms. The molecule has 3 N–H and O–H groups in total. The first kappa shape index (κ1) is 23.4. The molecule has 0 saturated heterocycles. The lowest BCUT2D eigenvalue weighted by atomic mass is 10.2. The van der Waals surface area contributed by atoms with E-state index in [-0.39, 0.29) is 23.2 Å². The fourth-order valence-corrected chi connectivity index (χ4v) is 4.35. The number of carbonyl (C=O) groups is 1. The van der Waals surface area contributed by atoms with Gasteiger partial charge < -0.3 is 10.6 Å². The minimum absolute atomic E-state index is 0.00218. The van der Waals surface area contributed by atoms with Gasteiger partial charge in [-0.15, -0.1) is 11.8 Å². The minimum Gasteiger partial charge on any atom is -0.383 e. The normalized spacial score (nSPS) is 10.9. The Hall–Kier alpha value is -1.90. The molecule has 0 unspecified atom stereocenters. The summed E-state index contributed by atoms with van der Waals surface area (Å²) in [6.07, 6.45) is 2.15. The van der Waals surface area contributed by atoms with Crippen molar-refractivity contribution in [3.8, 4) is 0 Å². The molecule has 0 aliphatic heterocycles. The molecule has 0 saturated carbocycles. The van der Waals surface area contributed by atoms with E-state index in [1.54, 1.807) is 18.2 Å². The maximum absolute atomic E-state index is 13.0. The SMILES string of the molecule is CCCCN(C(=O)CSc1c(Cl)cccc1Cl)c1c(N)n(CCC)c(=O)[nH]c1=O. The summed E-state index contributed by atoms with van der Waals surface area (Å²) in [6, 6.07) is 5.11. The standard InChI is InChI=1S/C19H24Cl2N4O3S/c1-3-5-10-24(14(26)11-29-16-12(20)7-6-8-13(16)21)15-17(22)25(9-4-2)19(28)23-18(15)27/h6-8H,3-5,9-11,22H2,1-2H3,(H,23,27,28). The molecule has 2 aromatic rings. The maximum Gasteiger partial charge on any atom is 0.330 e. The zero-order valence-electron chi connectivity index (χ0n) is 16.3. The Morgan fingerprint density at radius 2 is 1.86 bits per heavy atom. The van der Waals surface area contributed by atoms with E-state index in [2.05, 4.69) is 4.98 Å². The predicted octanol–water partition coefficient (Wildman–Crippen LogP) is 3.76. The monoisotopic (exact) mass is 458 g/mol. The molecular weight excluding hydrogens is 435 g/mol. The molecule has 1 aromatic heterocycles. The second kappa shape index (κ2) is 10.8. The number of aromatic nitrogens is 2. The molecule has 0 aliphatic rings. The smallest absolute Gasteiger partial charge is 0.330 e. The minimum atomic E-state index is -0.676. The quantitative estimate of drug-likeness (QED) is 0.556. The van der Waals surface area contributed by atoms with Gasteiger partial charge in [-0.1, -0.05) is 49.5 Å². The van der Waals surface area contributed by atoms with Crippen molar-refractivity contribution in [3.05, 3.63) is 49.1 Å². The zero-order chi connectivity index (χ0) is 21.6. The largest absolute Gasteiger partial charge is 0.383 e. The van der Waals surface area contributed by atoms with Gasteiger partial charge in [0, 0.05) is 18.0 Å². The van der Waals surface area contributed by atoms with E-state index in [9.17, 15) is 14.4 Å². The number of nitrogens with zero attached hydrogens (tertiary/aromatic N) is 2. The number of carbonyl (C=O) groups excluding carboxylic acids is 1. The van der Waals surface area contributed by atoms with E-state index in [1.165, 1.54) is 21.2 Å². The van der Waals surface area contributed by atoms with Gasteiger partial charge in [0.2, 0.25) is 5.91 Å². The van der Waals surface area contributed by atoms with Crippen LogP contribution in [0.4, 0.5) is 11.5 Å². The highest BCUT2D eigenvalue weighted by atomic mass is 35.5. The molecule has 0 radical (unpaired) electrons. The third-order valence-electron chi connectivity index (χ3n) is 4.23. The van der Waals surface area contributed by atoms with Crippen molar-refractivity contribution < 1.29 is 4.79 Å². The maximum atomic E-state index is 13.0. The van der Waals surface area contributed by atoms with Crippen LogP contribution in [0.2, 0.25) is 10.0 Å². The first-order chi connectivity index (χ1) is 13.8. The van der Waals surface area contributed by atoms with E-state index in [4.69, 9.17) is 28.9 Å². The van der Waals surface area contributed by atoms with Crippen LogP contribution in [-0.2, 0) is 11.3 Å². The lowest BCUT2D eigenvalue weighted by Crippen LogP contribution is -2.42. The number of hydrogen-bond acceptors (Lipinski definition) is 5. The third kappa shape index (κ3) is 5.58. The summed E-state index contributed by atoms with van der Waals surface area (Å²) in [4.78, 5) is 41.8. The van der Waals surface area contributed by atoms with Crippen LogP contribution in [-0.4, -0.2) is 27.8 Å². The number of hydrogen-bond donors (Lipinski definition) is 2. The number of amides is 1. The fourth-order valence-electron chi connectivity index (χ4n) is 2.79. The number of H-pyrrole nitrogens is 1. The Morgan fingerprint density at radius 1 is 1.21 bits per heavy atom. The molecule has 1 aromatic carbocycles. The lowest BCUT2D eigenvalue weighted by molar-refractivity contribution is -0.116. The number of thioether (sulfide) groups is 1. The molecule has 10 heteroatoms. The topological polar surface area (TPSA) is 101 Å². The van der Waals surface area contributed by atoms with Crippen LogP contribution in [0.5, 0.6) is 0 Å². The Kier molecular flexibility index (Phi) is 8.67. The van der Waals surface area contributed by atoms with E-state index in [0.717, 1.165) is 6.42 Å². The summed E-state index contributed by atoms with van der Waals surface area (Å²) in [6.45, 7) is 4.52. The van der Waals surface area contributed by atoms with Gasteiger partial charge in [0.25, 0.3) is 5.56 Å². The van der Waals surface area contributed by atoms with Crippen molar-refractivity contribution in [2.24, 2.45) is 0 Å². The van der Waals surface area contributed by atoms with Crippen LogP contribution in [0.25, 0.3) is 0 Å². The van der Waals surface area contributed by atoms with E-state index in [0.29, 0.717) is 40.9 Å². The van der Waals surface area contributed by atoms with Gasteiger partial charge in [-0.3, -0.25) is 19.1 Å². The molecule has 158 valence electrons. The Morgan fingerprint density at radius 3 is 2.45 bits per heavy atom. The van der Waals surface area contributed by atoms with E-state index < -0.39 is 11.2 Å². The van der Waals surface area contributed by atoms with Crippen molar-refractivity contribution in [1.29, 1.82) is 0 Å². The molecule has 2 rings (SSSR count). The highest BCUT2D eigenvalue weighted by molar-refractivity contribution is 8.00. The Bertz CT molecular complexity index is 970. The van der Waals surface area contributed by atoms with Crippen molar-refractivity contribution in [3.63, 3.8) is 0 Å². The van der Waals surface area contributed by atoms with Crippen LogP contribution < -0.4 is 21.9 Å². The van der Waals surface area contributed by atoms with Gasteiger partial charge in [0.15, 0.2) is 5.69 Å². The van der Waals surface area contributed by atoms with Crippen molar-refractivity contribution in [1.82, 2.24) is 9.55 Å². The number of halogens is 2. The number of nitrogen functional groups attached to an aromatic ring is 1. The van der Waals surface area contributed by atoms with Gasteiger partial charge in [0.05, 0.1) is 15.8 Å². The molecular formula is C19H24Cl2N4O3S. The van der Waals surface area contributed by atoms with Crippen LogP contribution in [0.15, 0.2) is 32.7 Å². The summed E-state index contributed by atoms with van der Waals surface area (Å²) in [7, 11) is 0. The average molecular weight is 459 g/mol. The highest BCUT2D eigenvalue weighted by Gasteiger charge is 2.24. The summed E-state index contributed by atoms with van der Waals surface area (Å²) >= 11 is 13.5. The van der Waals surface area contributed by atoms with E-state index >= 15 is 0 Å². The summed E-state index contributed by atoms with van der Waals surface area (Å²) in [5, 5.41) is 0.897. The van der Waals surface area contributed by atoms with Gasteiger partial charge in [0.1, 0.15) is 5.82 Å². The molecule has 1 amide bonds. The summed E-state index contributed by atoms with van der Waals surface area (Å²) < 4.78 is 1.28. The number of benzene rings is 1. The molecule has 1 heterocycles. The van der Waals surface area contributed by atoms with Gasteiger partial charge in [-0.2, -0.15) is 0 Å². The summed E-state index contributed by atoms with van der Waals surface area (Å²) in [5.74, 6) is -0.317. The van der Waals surface area contributed by atoms with Crippen LogP contribution in [0.3, 0.4) is 0 Å². The Labute approximate surface area is 183 Å². The lowest BCUT2D eigenvalue weighted by Gasteiger charge is -2.24. The first-order valence-electron chi connectivity index (χ1n) is 9.31. The number of rotatable bonds is 9. The van der Waals surface area contributed by atoms with Crippen LogP contribution in [0, 0.1) is 0 Å². The second-order valence-corrected chi connectivity index (χ2v) is 8.18. The van der Waals surface area contributed by atoms with Crippen LogP contribution >= 0.6 is 35.0 Å². The van der Waals surface area contributed by atoms with Crippen molar-refractivity contribution in [2.45, 2.75) is 44.6 Å². The molecule has 0 spiro atoms. The summed E-state index contributed by atoms with van der Waals surface area (Å²) in [5.41, 5.74) is 4.88. The average Bonchev–Trinajstić information content (AvgIpc) is 2.67. The van der Waals surface area contributed by atoms with Crippen molar-refractivity contribution in [2.75, 3.05) is 22.9 Å². The molecule has 0 bridgehead atoms. The molecule has 0 fully saturated rings.